The number of nitrogens with zero attached hydrogens (tertiary/aromatic N) is 3. The van der Waals surface area contributed by atoms with Gasteiger partial charge in [-0.1, -0.05) is 30.3 Å². The van der Waals surface area contributed by atoms with Gasteiger partial charge < -0.3 is 9.80 Å². The molecule has 4 rings (SSSR count). The van der Waals surface area contributed by atoms with Crippen LogP contribution in [0.2, 0.25) is 0 Å². The van der Waals surface area contributed by atoms with Crippen molar-refractivity contribution in [2.24, 2.45) is 0 Å². The molecule has 136 valence electrons. The number of hydrogen-bond donors (Lipinski definition) is 0. The summed E-state index contributed by atoms with van der Waals surface area (Å²) in [6, 6.07) is 14.9. The van der Waals surface area contributed by atoms with Gasteiger partial charge in [0, 0.05) is 37.6 Å². The predicted octanol–water partition coefficient (Wildman–Crippen LogP) is 3.92. The van der Waals surface area contributed by atoms with Crippen molar-refractivity contribution in [2.45, 2.75) is 44.6 Å². The number of likely N-dealkylation sites (tertiary alicyclic amines) is 1. The zero-order chi connectivity index (χ0) is 17.8. The number of pyridine rings is 1. The summed E-state index contributed by atoms with van der Waals surface area (Å²) in [4.78, 5) is 21.9. The van der Waals surface area contributed by atoms with Crippen LogP contribution >= 0.6 is 0 Å². The molecule has 1 atom stereocenters. The van der Waals surface area contributed by atoms with E-state index in [1.165, 1.54) is 18.4 Å². The third-order valence-electron chi connectivity index (χ3n) is 5.68. The van der Waals surface area contributed by atoms with E-state index in [4.69, 9.17) is 0 Å². The number of aromatic nitrogens is 1. The first-order valence-electron chi connectivity index (χ1n) is 9.87. The molecule has 1 aromatic carbocycles. The lowest BCUT2D eigenvalue weighted by molar-refractivity contribution is 0.0724. The molecular formula is C22H27N3O. The summed E-state index contributed by atoms with van der Waals surface area (Å²) >= 11 is 0. The lowest BCUT2D eigenvalue weighted by atomic mass is 10.0. The summed E-state index contributed by atoms with van der Waals surface area (Å²) in [5, 5.41) is 0. The zero-order valence-corrected chi connectivity index (χ0v) is 15.3. The fourth-order valence-corrected chi connectivity index (χ4v) is 4.24. The predicted molar refractivity (Wildman–Crippen MR) is 105 cm³/mol. The highest BCUT2D eigenvalue weighted by Gasteiger charge is 2.30. The van der Waals surface area contributed by atoms with Crippen molar-refractivity contribution in [2.75, 3.05) is 24.5 Å². The van der Waals surface area contributed by atoms with E-state index in [1.54, 1.807) is 6.20 Å². The molecule has 3 heterocycles. The molecule has 26 heavy (non-hydrogen) atoms. The van der Waals surface area contributed by atoms with Gasteiger partial charge in [0.1, 0.15) is 5.69 Å². The van der Waals surface area contributed by atoms with E-state index in [2.05, 4.69) is 39.0 Å². The van der Waals surface area contributed by atoms with Gasteiger partial charge in [-0.05, 0) is 56.2 Å². The molecule has 1 aromatic heterocycles. The summed E-state index contributed by atoms with van der Waals surface area (Å²) in [6.45, 7) is 3.02. The van der Waals surface area contributed by atoms with E-state index in [9.17, 15) is 4.79 Å². The number of aryl methyl sites for hydroxylation is 1. The van der Waals surface area contributed by atoms with Gasteiger partial charge in [0.25, 0.3) is 5.91 Å². The van der Waals surface area contributed by atoms with Gasteiger partial charge in [-0.2, -0.15) is 0 Å². The van der Waals surface area contributed by atoms with Gasteiger partial charge in [0.2, 0.25) is 0 Å². The maximum Gasteiger partial charge on any atom is 0.272 e. The molecule has 2 fully saturated rings. The molecule has 0 saturated carbocycles. The van der Waals surface area contributed by atoms with E-state index < -0.39 is 0 Å². The summed E-state index contributed by atoms with van der Waals surface area (Å²) in [5.74, 6) is 0.0987. The number of rotatable bonds is 5. The molecule has 2 saturated heterocycles. The van der Waals surface area contributed by atoms with Gasteiger partial charge in [0.05, 0.1) is 0 Å². The minimum atomic E-state index is 0.0987. The van der Waals surface area contributed by atoms with Crippen LogP contribution in [0, 0.1) is 0 Å². The second-order valence-corrected chi connectivity index (χ2v) is 7.41. The van der Waals surface area contributed by atoms with Crippen molar-refractivity contribution in [3.05, 3.63) is 59.9 Å². The first kappa shape index (κ1) is 17.1. The second kappa shape index (κ2) is 7.90. The van der Waals surface area contributed by atoms with Gasteiger partial charge in [-0.25, -0.2) is 0 Å². The van der Waals surface area contributed by atoms with Crippen molar-refractivity contribution in [1.82, 2.24) is 9.88 Å². The Kier molecular flexibility index (Phi) is 5.19. The lowest BCUT2D eigenvalue weighted by Crippen LogP contribution is -2.36. The van der Waals surface area contributed by atoms with Gasteiger partial charge in [-0.3, -0.25) is 9.78 Å². The van der Waals surface area contributed by atoms with Crippen LogP contribution in [0.25, 0.3) is 0 Å². The molecule has 0 N–H and O–H groups in total. The highest BCUT2D eigenvalue weighted by atomic mass is 16.2. The van der Waals surface area contributed by atoms with Crippen LogP contribution in [0.5, 0.6) is 0 Å². The van der Waals surface area contributed by atoms with Crippen molar-refractivity contribution in [3.8, 4) is 0 Å². The van der Waals surface area contributed by atoms with Gasteiger partial charge in [0.15, 0.2) is 0 Å². The van der Waals surface area contributed by atoms with E-state index >= 15 is 0 Å². The van der Waals surface area contributed by atoms with Gasteiger partial charge >= 0.3 is 0 Å². The first-order chi connectivity index (χ1) is 12.8. The number of hydrogen-bond acceptors (Lipinski definition) is 3. The van der Waals surface area contributed by atoms with Crippen molar-refractivity contribution < 1.29 is 4.79 Å². The number of carbonyl (C=O) groups excluding carboxylic acids is 1. The summed E-state index contributed by atoms with van der Waals surface area (Å²) < 4.78 is 0. The molecule has 2 aliphatic rings. The van der Waals surface area contributed by atoms with Crippen LogP contribution in [0.3, 0.4) is 0 Å². The molecular weight excluding hydrogens is 322 g/mol. The molecule has 4 nitrogen and oxygen atoms in total. The maximum atomic E-state index is 13.1. The summed E-state index contributed by atoms with van der Waals surface area (Å²) in [6.07, 6.45) is 8.51. The molecule has 0 radical (unpaired) electrons. The number of anilines is 1. The minimum Gasteiger partial charge on any atom is -0.371 e. The van der Waals surface area contributed by atoms with Crippen LogP contribution in [-0.4, -0.2) is 41.5 Å². The minimum absolute atomic E-state index is 0.0987. The van der Waals surface area contributed by atoms with Gasteiger partial charge in [-0.15, -0.1) is 0 Å². The van der Waals surface area contributed by atoms with E-state index in [0.29, 0.717) is 11.7 Å². The summed E-state index contributed by atoms with van der Waals surface area (Å²) in [5.41, 5.74) is 3.09. The molecule has 4 heteroatoms. The largest absolute Gasteiger partial charge is 0.371 e. The quantitative estimate of drug-likeness (QED) is 0.821. The fraction of sp³-hybridized carbons (Fsp3) is 0.455. The zero-order valence-electron chi connectivity index (χ0n) is 15.3. The molecule has 2 aromatic rings. The molecule has 0 spiro atoms. The van der Waals surface area contributed by atoms with Crippen LogP contribution in [0.1, 0.15) is 48.2 Å². The standard InChI is InChI=1S/C22H27N3O/c26-22(21-17-20(12-13-23-21)24-14-4-5-15-24)25-16-6-9-19(25)11-10-18-7-2-1-3-8-18/h1-3,7-8,12-13,17,19H,4-6,9-11,14-16H2. The average molecular weight is 349 g/mol. The topological polar surface area (TPSA) is 36.4 Å². The number of benzene rings is 1. The monoisotopic (exact) mass is 349 g/mol. The third kappa shape index (κ3) is 3.74. The normalized spacial score (nSPS) is 19.9. The molecule has 2 aliphatic heterocycles. The van der Waals surface area contributed by atoms with Crippen LogP contribution in [-0.2, 0) is 6.42 Å². The lowest BCUT2D eigenvalue weighted by Gasteiger charge is -2.25. The van der Waals surface area contributed by atoms with E-state index in [1.807, 2.05) is 18.2 Å². The Labute approximate surface area is 155 Å². The Morgan fingerprint density at radius 1 is 1.04 bits per heavy atom. The highest BCUT2D eigenvalue weighted by Crippen LogP contribution is 2.25. The summed E-state index contributed by atoms with van der Waals surface area (Å²) in [7, 11) is 0. The number of carbonyl (C=O) groups is 1. The van der Waals surface area contributed by atoms with Crippen LogP contribution in [0.15, 0.2) is 48.7 Å². The smallest absolute Gasteiger partial charge is 0.272 e. The molecule has 1 amide bonds. The second-order valence-electron chi connectivity index (χ2n) is 7.41. The van der Waals surface area contributed by atoms with E-state index in [0.717, 1.165) is 51.0 Å². The Hall–Kier alpha value is -2.36. The highest BCUT2D eigenvalue weighted by molar-refractivity contribution is 5.93. The Morgan fingerprint density at radius 2 is 1.85 bits per heavy atom. The van der Waals surface area contributed by atoms with Crippen LogP contribution in [0.4, 0.5) is 5.69 Å². The van der Waals surface area contributed by atoms with Crippen LogP contribution < -0.4 is 4.90 Å². The Balaban J connectivity index is 1.44. The maximum absolute atomic E-state index is 13.1. The molecule has 0 bridgehead atoms. The number of amides is 1. The van der Waals surface area contributed by atoms with E-state index in [-0.39, 0.29) is 5.91 Å². The van der Waals surface area contributed by atoms with Crippen molar-refractivity contribution in [3.63, 3.8) is 0 Å². The Bertz CT molecular complexity index is 740. The molecule has 0 aliphatic carbocycles. The molecule has 1 unspecified atom stereocenters. The Morgan fingerprint density at radius 3 is 2.65 bits per heavy atom. The van der Waals surface area contributed by atoms with Crippen molar-refractivity contribution in [1.29, 1.82) is 0 Å². The third-order valence-corrected chi connectivity index (χ3v) is 5.68. The SMILES string of the molecule is O=C(c1cc(N2CCCC2)ccn1)N1CCCC1CCc1ccccc1. The first-order valence-corrected chi connectivity index (χ1v) is 9.87. The average Bonchev–Trinajstić information content (AvgIpc) is 3.39. The fourth-order valence-electron chi connectivity index (χ4n) is 4.24. The van der Waals surface area contributed by atoms with Crippen molar-refractivity contribution >= 4 is 11.6 Å².